The standard InChI is InChI=1S/C19H21N3O3/c1-25-17-7-2-5-15(13-17)18(23)21-9-4-10-22(12-11-21)19(24)16-6-3-8-20-14-16/h2-3,5-8,13-14H,4,9-12H2,1H3. The summed E-state index contributed by atoms with van der Waals surface area (Å²) < 4.78 is 5.19. The van der Waals surface area contributed by atoms with Gasteiger partial charge in [-0.05, 0) is 36.8 Å². The van der Waals surface area contributed by atoms with Gasteiger partial charge in [-0.15, -0.1) is 0 Å². The van der Waals surface area contributed by atoms with E-state index in [0.717, 1.165) is 6.42 Å². The second-order valence-corrected chi connectivity index (χ2v) is 5.91. The van der Waals surface area contributed by atoms with Crippen molar-refractivity contribution >= 4 is 11.8 Å². The Balaban J connectivity index is 1.67. The molecule has 1 aliphatic heterocycles. The van der Waals surface area contributed by atoms with E-state index in [2.05, 4.69) is 4.98 Å². The van der Waals surface area contributed by atoms with Crippen LogP contribution in [0.1, 0.15) is 27.1 Å². The summed E-state index contributed by atoms with van der Waals surface area (Å²) in [6, 6.07) is 10.7. The van der Waals surface area contributed by atoms with Gasteiger partial charge in [0.2, 0.25) is 0 Å². The van der Waals surface area contributed by atoms with Crippen molar-refractivity contribution in [2.24, 2.45) is 0 Å². The zero-order valence-corrected chi connectivity index (χ0v) is 14.2. The molecule has 130 valence electrons. The van der Waals surface area contributed by atoms with Gasteiger partial charge in [-0.3, -0.25) is 14.6 Å². The fourth-order valence-corrected chi connectivity index (χ4v) is 2.93. The van der Waals surface area contributed by atoms with E-state index in [-0.39, 0.29) is 11.8 Å². The lowest BCUT2D eigenvalue weighted by molar-refractivity contribution is 0.0718. The van der Waals surface area contributed by atoms with Crippen molar-refractivity contribution in [3.05, 3.63) is 59.9 Å². The highest BCUT2D eigenvalue weighted by Crippen LogP contribution is 2.16. The fourth-order valence-electron chi connectivity index (χ4n) is 2.93. The number of hydrogen-bond donors (Lipinski definition) is 0. The molecular formula is C19H21N3O3. The van der Waals surface area contributed by atoms with E-state index in [1.807, 2.05) is 12.1 Å². The van der Waals surface area contributed by atoms with E-state index in [4.69, 9.17) is 4.74 Å². The molecule has 1 aromatic heterocycles. The first-order valence-corrected chi connectivity index (χ1v) is 8.31. The zero-order chi connectivity index (χ0) is 17.6. The lowest BCUT2D eigenvalue weighted by Gasteiger charge is -2.22. The van der Waals surface area contributed by atoms with Gasteiger partial charge in [-0.25, -0.2) is 0 Å². The number of ether oxygens (including phenoxy) is 1. The summed E-state index contributed by atoms with van der Waals surface area (Å²) in [6.07, 6.45) is 3.97. The third-order valence-corrected chi connectivity index (χ3v) is 4.30. The molecule has 0 aliphatic carbocycles. The first-order chi connectivity index (χ1) is 12.2. The maximum atomic E-state index is 12.7. The Morgan fingerprint density at radius 2 is 1.64 bits per heavy atom. The summed E-state index contributed by atoms with van der Waals surface area (Å²) in [7, 11) is 1.58. The smallest absolute Gasteiger partial charge is 0.255 e. The highest BCUT2D eigenvalue weighted by molar-refractivity contribution is 5.95. The van der Waals surface area contributed by atoms with E-state index >= 15 is 0 Å². The van der Waals surface area contributed by atoms with Gasteiger partial charge in [-0.2, -0.15) is 0 Å². The number of methoxy groups -OCH3 is 1. The number of nitrogens with zero attached hydrogens (tertiary/aromatic N) is 3. The van der Waals surface area contributed by atoms with Crippen molar-refractivity contribution < 1.29 is 14.3 Å². The summed E-state index contributed by atoms with van der Waals surface area (Å²) in [5.41, 5.74) is 1.18. The van der Waals surface area contributed by atoms with Crippen LogP contribution in [0.15, 0.2) is 48.8 Å². The van der Waals surface area contributed by atoms with Crippen molar-refractivity contribution in [2.75, 3.05) is 33.3 Å². The van der Waals surface area contributed by atoms with Gasteiger partial charge in [0.15, 0.2) is 0 Å². The third-order valence-electron chi connectivity index (χ3n) is 4.30. The van der Waals surface area contributed by atoms with Crippen molar-refractivity contribution in [2.45, 2.75) is 6.42 Å². The summed E-state index contributed by atoms with van der Waals surface area (Å²) >= 11 is 0. The molecule has 0 spiro atoms. The van der Waals surface area contributed by atoms with Crippen molar-refractivity contribution in [3.8, 4) is 5.75 Å². The molecule has 1 fully saturated rings. The average Bonchev–Trinajstić information content (AvgIpc) is 2.94. The third kappa shape index (κ3) is 3.96. The Kier molecular flexibility index (Phi) is 5.28. The van der Waals surface area contributed by atoms with E-state index in [1.165, 1.54) is 0 Å². The molecule has 0 N–H and O–H groups in total. The Bertz CT molecular complexity index is 749. The number of carbonyl (C=O) groups excluding carboxylic acids is 2. The molecule has 6 nitrogen and oxygen atoms in total. The molecule has 2 heterocycles. The fraction of sp³-hybridized carbons (Fsp3) is 0.316. The minimum atomic E-state index is -0.0382. The van der Waals surface area contributed by atoms with E-state index < -0.39 is 0 Å². The maximum absolute atomic E-state index is 12.7. The first-order valence-electron chi connectivity index (χ1n) is 8.31. The Morgan fingerprint density at radius 1 is 0.960 bits per heavy atom. The van der Waals surface area contributed by atoms with Crippen LogP contribution in [-0.2, 0) is 0 Å². The van der Waals surface area contributed by atoms with Crippen LogP contribution in [0.3, 0.4) is 0 Å². The van der Waals surface area contributed by atoms with Crippen molar-refractivity contribution in [1.82, 2.24) is 14.8 Å². The number of pyridine rings is 1. The monoisotopic (exact) mass is 339 g/mol. The van der Waals surface area contributed by atoms with Gasteiger partial charge in [0.25, 0.3) is 11.8 Å². The molecule has 2 aromatic rings. The van der Waals surface area contributed by atoms with Gasteiger partial charge < -0.3 is 14.5 Å². The number of hydrogen-bond acceptors (Lipinski definition) is 4. The van der Waals surface area contributed by atoms with Gasteiger partial charge in [0.1, 0.15) is 5.75 Å². The Labute approximate surface area is 147 Å². The normalized spacial score (nSPS) is 14.8. The van der Waals surface area contributed by atoms with Crippen LogP contribution in [0.4, 0.5) is 0 Å². The molecule has 1 aromatic carbocycles. The molecule has 0 bridgehead atoms. The van der Waals surface area contributed by atoms with Crippen LogP contribution in [0.2, 0.25) is 0 Å². The number of carbonyl (C=O) groups is 2. The van der Waals surface area contributed by atoms with Crippen LogP contribution >= 0.6 is 0 Å². The quantitative estimate of drug-likeness (QED) is 0.859. The van der Waals surface area contributed by atoms with Gasteiger partial charge in [0, 0.05) is 44.1 Å². The number of amides is 2. The van der Waals surface area contributed by atoms with E-state index in [0.29, 0.717) is 43.1 Å². The summed E-state index contributed by atoms with van der Waals surface area (Å²) in [6.45, 7) is 2.30. The molecule has 6 heteroatoms. The lowest BCUT2D eigenvalue weighted by Crippen LogP contribution is -2.37. The molecule has 1 saturated heterocycles. The van der Waals surface area contributed by atoms with Gasteiger partial charge in [0.05, 0.1) is 12.7 Å². The second kappa shape index (κ2) is 7.79. The first kappa shape index (κ1) is 17.0. The summed E-state index contributed by atoms with van der Waals surface area (Å²) in [5.74, 6) is 0.590. The second-order valence-electron chi connectivity index (χ2n) is 5.91. The van der Waals surface area contributed by atoms with Crippen LogP contribution in [-0.4, -0.2) is 59.9 Å². The highest BCUT2D eigenvalue weighted by Gasteiger charge is 2.23. The molecule has 25 heavy (non-hydrogen) atoms. The average molecular weight is 339 g/mol. The Hall–Kier alpha value is -2.89. The lowest BCUT2D eigenvalue weighted by atomic mass is 10.2. The van der Waals surface area contributed by atoms with E-state index in [9.17, 15) is 9.59 Å². The number of rotatable bonds is 3. The SMILES string of the molecule is COc1cccc(C(=O)N2CCCN(C(=O)c3cccnc3)CC2)c1. The zero-order valence-electron chi connectivity index (χ0n) is 14.2. The summed E-state index contributed by atoms with van der Waals surface area (Å²) in [5, 5.41) is 0. The largest absolute Gasteiger partial charge is 0.497 e. The maximum Gasteiger partial charge on any atom is 0.255 e. The summed E-state index contributed by atoms with van der Waals surface area (Å²) in [4.78, 5) is 32.9. The molecule has 0 radical (unpaired) electrons. The topological polar surface area (TPSA) is 62.7 Å². The molecule has 0 saturated carbocycles. The molecule has 3 rings (SSSR count). The number of aromatic nitrogens is 1. The number of benzene rings is 1. The van der Waals surface area contributed by atoms with Gasteiger partial charge >= 0.3 is 0 Å². The van der Waals surface area contributed by atoms with E-state index in [1.54, 1.807) is 53.6 Å². The predicted octanol–water partition coefficient (Wildman–Crippen LogP) is 2.08. The Morgan fingerprint density at radius 3 is 2.28 bits per heavy atom. The highest BCUT2D eigenvalue weighted by atomic mass is 16.5. The minimum absolute atomic E-state index is 0.0328. The minimum Gasteiger partial charge on any atom is -0.497 e. The molecule has 0 atom stereocenters. The van der Waals surface area contributed by atoms with Crippen LogP contribution in [0.25, 0.3) is 0 Å². The van der Waals surface area contributed by atoms with Crippen molar-refractivity contribution in [3.63, 3.8) is 0 Å². The van der Waals surface area contributed by atoms with Gasteiger partial charge in [-0.1, -0.05) is 6.07 Å². The predicted molar refractivity (Wildman–Crippen MR) is 93.7 cm³/mol. The van der Waals surface area contributed by atoms with Crippen molar-refractivity contribution in [1.29, 1.82) is 0 Å². The van der Waals surface area contributed by atoms with Crippen LogP contribution < -0.4 is 4.74 Å². The molecule has 0 unspecified atom stereocenters. The van der Waals surface area contributed by atoms with Crippen LogP contribution in [0.5, 0.6) is 5.75 Å². The molecule has 1 aliphatic rings. The van der Waals surface area contributed by atoms with Crippen LogP contribution in [0, 0.1) is 0 Å². The molecular weight excluding hydrogens is 318 g/mol. The molecule has 2 amide bonds.